The van der Waals surface area contributed by atoms with Crippen molar-refractivity contribution in [2.24, 2.45) is 0 Å². The number of benzene rings is 3. The highest BCUT2D eigenvalue weighted by atomic mass is 16.5. The number of aryl methyl sites for hydroxylation is 2. The van der Waals surface area contributed by atoms with Crippen LogP contribution in [0.25, 0.3) is 0 Å². The summed E-state index contributed by atoms with van der Waals surface area (Å²) in [6, 6.07) is 20.5. The van der Waals surface area contributed by atoms with Crippen LogP contribution in [0, 0.1) is 13.8 Å². The summed E-state index contributed by atoms with van der Waals surface area (Å²) in [5.74, 6) is 0.420. The summed E-state index contributed by atoms with van der Waals surface area (Å²) in [4.78, 5) is 36.2. The van der Waals surface area contributed by atoms with Crippen LogP contribution in [0.4, 0.5) is 11.4 Å². The maximum atomic E-state index is 12.2. The van der Waals surface area contributed by atoms with Crippen LogP contribution in [0.2, 0.25) is 0 Å². The van der Waals surface area contributed by atoms with Gasteiger partial charge in [-0.05, 0) is 72.9 Å². The van der Waals surface area contributed by atoms with E-state index in [2.05, 4.69) is 36.6 Å². The Morgan fingerprint density at radius 2 is 1.56 bits per heavy atom. The van der Waals surface area contributed by atoms with Crippen LogP contribution in [0.1, 0.15) is 49.3 Å². The van der Waals surface area contributed by atoms with Crippen LogP contribution in [0.15, 0.2) is 66.7 Å². The SMILES string of the molecule is Cc1ccc(C(C)C)c(Oc2ccc(NC(=O)CCC(=O)OCC(=O)Nc3ccccc3C)cc2)c1. The lowest BCUT2D eigenvalue weighted by Crippen LogP contribution is -2.22. The second-order valence-electron chi connectivity index (χ2n) is 8.89. The van der Waals surface area contributed by atoms with Crippen molar-refractivity contribution >= 4 is 29.2 Å². The summed E-state index contributed by atoms with van der Waals surface area (Å²) in [6.45, 7) is 7.72. The molecule has 0 saturated carbocycles. The molecule has 2 N–H and O–H groups in total. The van der Waals surface area contributed by atoms with Crippen LogP contribution < -0.4 is 15.4 Å². The molecule has 0 fully saturated rings. The molecule has 0 aliphatic rings. The number of esters is 1. The first kappa shape index (κ1) is 26.5. The van der Waals surface area contributed by atoms with Gasteiger partial charge >= 0.3 is 5.97 Å². The van der Waals surface area contributed by atoms with E-state index in [1.807, 2.05) is 32.0 Å². The third kappa shape index (κ3) is 7.98. The Morgan fingerprint density at radius 3 is 2.25 bits per heavy atom. The van der Waals surface area contributed by atoms with Gasteiger partial charge in [0.25, 0.3) is 5.91 Å². The first-order chi connectivity index (χ1) is 17.2. The molecule has 0 saturated heterocycles. The summed E-state index contributed by atoms with van der Waals surface area (Å²) in [5.41, 5.74) is 4.39. The van der Waals surface area contributed by atoms with Gasteiger partial charge in [0, 0.05) is 17.8 Å². The van der Waals surface area contributed by atoms with E-state index in [0.717, 1.165) is 22.4 Å². The molecule has 3 aromatic carbocycles. The molecule has 0 atom stereocenters. The Labute approximate surface area is 211 Å². The highest BCUT2D eigenvalue weighted by Gasteiger charge is 2.12. The zero-order chi connectivity index (χ0) is 26.1. The highest BCUT2D eigenvalue weighted by Crippen LogP contribution is 2.32. The predicted octanol–water partition coefficient (Wildman–Crippen LogP) is 6.12. The fourth-order valence-corrected chi connectivity index (χ4v) is 3.50. The van der Waals surface area contributed by atoms with Gasteiger partial charge in [-0.15, -0.1) is 0 Å². The zero-order valence-corrected chi connectivity index (χ0v) is 21.1. The topological polar surface area (TPSA) is 93.7 Å². The Morgan fingerprint density at radius 1 is 0.833 bits per heavy atom. The fourth-order valence-electron chi connectivity index (χ4n) is 3.50. The van der Waals surface area contributed by atoms with Crippen LogP contribution in [-0.4, -0.2) is 24.4 Å². The molecule has 0 radical (unpaired) electrons. The lowest BCUT2D eigenvalue weighted by atomic mass is 10.0. The lowest BCUT2D eigenvalue weighted by Gasteiger charge is -2.15. The van der Waals surface area contributed by atoms with Gasteiger partial charge < -0.3 is 20.1 Å². The summed E-state index contributed by atoms with van der Waals surface area (Å²) in [7, 11) is 0. The molecule has 2 amide bonds. The van der Waals surface area contributed by atoms with Crippen molar-refractivity contribution < 1.29 is 23.9 Å². The van der Waals surface area contributed by atoms with Gasteiger partial charge in [0.1, 0.15) is 11.5 Å². The second-order valence-corrected chi connectivity index (χ2v) is 8.89. The van der Waals surface area contributed by atoms with E-state index in [1.165, 1.54) is 0 Å². The fraction of sp³-hybridized carbons (Fsp3) is 0.276. The number of hydrogen-bond donors (Lipinski definition) is 2. The number of carbonyl (C=O) groups excluding carboxylic acids is 3. The summed E-state index contributed by atoms with van der Waals surface area (Å²) in [6.07, 6.45) is -0.187. The molecule has 0 aromatic heterocycles. The molecule has 7 nitrogen and oxygen atoms in total. The van der Waals surface area contributed by atoms with Crippen LogP contribution >= 0.6 is 0 Å². The Balaban J connectivity index is 1.42. The second kappa shape index (κ2) is 12.5. The number of nitrogens with one attached hydrogen (secondary N) is 2. The minimum Gasteiger partial charge on any atom is -0.457 e. The minimum atomic E-state index is -0.618. The first-order valence-corrected chi connectivity index (χ1v) is 11.9. The van der Waals surface area contributed by atoms with Crippen molar-refractivity contribution in [3.05, 3.63) is 83.4 Å². The molecular formula is C29H32N2O5. The molecule has 3 aromatic rings. The zero-order valence-electron chi connectivity index (χ0n) is 21.1. The van der Waals surface area contributed by atoms with E-state index in [4.69, 9.17) is 9.47 Å². The van der Waals surface area contributed by atoms with Gasteiger partial charge in [-0.25, -0.2) is 0 Å². The van der Waals surface area contributed by atoms with Crippen LogP contribution in [0.3, 0.4) is 0 Å². The van der Waals surface area contributed by atoms with Crippen molar-refractivity contribution in [1.82, 2.24) is 0 Å². The standard InChI is InChI=1S/C29H32N2O5/c1-19(2)24-14-9-20(3)17-26(24)36-23-12-10-22(11-13-23)30-27(32)15-16-29(34)35-18-28(33)31-25-8-6-5-7-21(25)4/h5-14,17,19H,15-16,18H2,1-4H3,(H,30,32)(H,31,33). The van der Waals surface area contributed by atoms with E-state index < -0.39 is 18.5 Å². The Hall–Kier alpha value is -4.13. The van der Waals surface area contributed by atoms with Gasteiger partial charge in [0.15, 0.2) is 6.61 Å². The molecule has 0 heterocycles. The molecule has 188 valence electrons. The summed E-state index contributed by atoms with van der Waals surface area (Å²) in [5, 5.41) is 5.44. The minimum absolute atomic E-state index is 0.0580. The van der Waals surface area contributed by atoms with E-state index >= 15 is 0 Å². The van der Waals surface area contributed by atoms with Crippen molar-refractivity contribution in [1.29, 1.82) is 0 Å². The molecule has 0 spiro atoms. The Bertz CT molecular complexity index is 1220. The average Bonchev–Trinajstić information content (AvgIpc) is 2.84. The molecule has 0 aliphatic carbocycles. The summed E-state index contributed by atoms with van der Waals surface area (Å²) < 4.78 is 11.1. The molecule has 3 rings (SSSR count). The maximum absolute atomic E-state index is 12.2. The van der Waals surface area contributed by atoms with Crippen LogP contribution in [-0.2, 0) is 19.1 Å². The third-order valence-corrected chi connectivity index (χ3v) is 5.50. The summed E-state index contributed by atoms with van der Waals surface area (Å²) >= 11 is 0. The highest BCUT2D eigenvalue weighted by molar-refractivity contribution is 5.94. The number of para-hydroxylation sites is 1. The number of carbonyl (C=O) groups is 3. The number of anilines is 2. The quantitative estimate of drug-likeness (QED) is 0.335. The van der Waals surface area contributed by atoms with E-state index in [1.54, 1.807) is 36.4 Å². The Kier molecular flexibility index (Phi) is 9.22. The van der Waals surface area contributed by atoms with Gasteiger partial charge in [0.05, 0.1) is 6.42 Å². The van der Waals surface area contributed by atoms with Crippen LogP contribution in [0.5, 0.6) is 11.5 Å². The van der Waals surface area contributed by atoms with Gasteiger partial charge in [-0.2, -0.15) is 0 Å². The number of hydrogen-bond acceptors (Lipinski definition) is 5. The molecular weight excluding hydrogens is 456 g/mol. The number of ether oxygens (including phenoxy) is 2. The smallest absolute Gasteiger partial charge is 0.306 e. The van der Waals surface area contributed by atoms with Gasteiger partial charge in [-0.1, -0.05) is 44.2 Å². The maximum Gasteiger partial charge on any atom is 0.306 e. The normalized spacial score (nSPS) is 10.6. The van der Waals surface area contributed by atoms with Gasteiger partial charge in [0.2, 0.25) is 5.91 Å². The average molecular weight is 489 g/mol. The molecule has 0 bridgehead atoms. The molecule has 0 unspecified atom stereocenters. The van der Waals surface area contributed by atoms with Gasteiger partial charge in [-0.3, -0.25) is 14.4 Å². The first-order valence-electron chi connectivity index (χ1n) is 11.9. The predicted molar refractivity (Wildman–Crippen MR) is 140 cm³/mol. The number of rotatable bonds is 10. The lowest BCUT2D eigenvalue weighted by molar-refractivity contribution is -0.147. The molecule has 0 aliphatic heterocycles. The molecule has 36 heavy (non-hydrogen) atoms. The number of amides is 2. The van der Waals surface area contributed by atoms with Crippen molar-refractivity contribution in [3.63, 3.8) is 0 Å². The van der Waals surface area contributed by atoms with E-state index in [0.29, 0.717) is 23.0 Å². The largest absolute Gasteiger partial charge is 0.457 e. The van der Waals surface area contributed by atoms with E-state index in [9.17, 15) is 14.4 Å². The van der Waals surface area contributed by atoms with Crippen molar-refractivity contribution in [2.75, 3.05) is 17.2 Å². The van der Waals surface area contributed by atoms with Crippen molar-refractivity contribution in [2.45, 2.75) is 46.5 Å². The monoisotopic (exact) mass is 488 g/mol. The van der Waals surface area contributed by atoms with Crippen molar-refractivity contribution in [3.8, 4) is 11.5 Å². The molecule has 7 heteroatoms. The third-order valence-electron chi connectivity index (χ3n) is 5.50. The van der Waals surface area contributed by atoms with E-state index in [-0.39, 0.29) is 18.7 Å².